The number of hydroxylamine groups is 2. The van der Waals surface area contributed by atoms with Gasteiger partial charge >= 0.3 is 18.0 Å². The van der Waals surface area contributed by atoms with E-state index in [9.17, 15) is 14.4 Å². The van der Waals surface area contributed by atoms with E-state index >= 15 is 0 Å². The van der Waals surface area contributed by atoms with E-state index in [0.29, 0.717) is 5.75 Å². The molecule has 1 aromatic carbocycles. The molecule has 1 aromatic rings. The molecule has 5 N–H and O–H groups in total. The molecule has 2 aliphatic heterocycles. The van der Waals surface area contributed by atoms with E-state index in [2.05, 4.69) is 17.1 Å². The molecule has 0 radical (unpaired) electrons. The van der Waals surface area contributed by atoms with Crippen LogP contribution in [-0.2, 0) is 19.8 Å². The molecule has 3 rings (SSSR count). The smallest absolute Gasteiger partial charge is 0.412 e. The summed E-state index contributed by atoms with van der Waals surface area (Å²) < 4.78 is 5.25. The first-order valence-electron chi connectivity index (χ1n) is 9.39. The summed E-state index contributed by atoms with van der Waals surface area (Å²) in [5, 5.41) is 36.9. The Morgan fingerprint density at radius 1 is 1.19 bits per heavy atom. The number of aliphatic carboxylic acids is 2. The second-order valence-corrected chi connectivity index (χ2v) is 7.47. The summed E-state index contributed by atoms with van der Waals surface area (Å²) in [5.41, 5.74) is 2.20. The predicted molar refractivity (Wildman–Crippen MR) is 107 cm³/mol. The lowest BCUT2D eigenvalue weighted by Crippen LogP contribution is -2.52. The molecule has 1 amide bonds. The van der Waals surface area contributed by atoms with Crippen LogP contribution in [0.1, 0.15) is 18.9 Å². The van der Waals surface area contributed by atoms with Crippen LogP contribution < -0.4 is 15.0 Å². The number of hydrogen-bond acceptors (Lipinski definition) is 9. The largest absolute Gasteiger partial charge is 0.479 e. The van der Waals surface area contributed by atoms with Crippen molar-refractivity contribution < 1.29 is 44.4 Å². The van der Waals surface area contributed by atoms with Gasteiger partial charge in [-0.2, -0.15) is 5.06 Å². The molecule has 0 spiro atoms. The van der Waals surface area contributed by atoms with Gasteiger partial charge in [0.1, 0.15) is 5.75 Å². The third-order valence-corrected chi connectivity index (χ3v) is 5.31. The summed E-state index contributed by atoms with van der Waals surface area (Å²) in [7, 11) is 5.54. The fraction of sp³-hybridized carbons (Fsp3) is 0.526. The number of carboxylic acid groups (broad SMARTS) is 2. The van der Waals surface area contributed by atoms with Gasteiger partial charge < -0.3 is 35.4 Å². The normalized spacial score (nSPS) is 24.1. The minimum Gasteiger partial charge on any atom is -0.479 e. The van der Waals surface area contributed by atoms with Gasteiger partial charge in [-0.25, -0.2) is 14.4 Å². The minimum atomic E-state index is -2.27. The fourth-order valence-electron chi connectivity index (χ4n) is 3.52. The first-order chi connectivity index (χ1) is 14.4. The number of carbonyl (C=O) groups excluding carboxylic acids is 1. The Labute approximate surface area is 178 Å². The molecule has 31 heavy (non-hydrogen) atoms. The lowest BCUT2D eigenvalue weighted by Gasteiger charge is -2.42. The van der Waals surface area contributed by atoms with Crippen LogP contribution in [0.3, 0.4) is 0 Å². The minimum absolute atomic E-state index is 0.0264. The first-order valence-corrected chi connectivity index (χ1v) is 9.39. The van der Waals surface area contributed by atoms with Gasteiger partial charge in [0, 0.05) is 38.8 Å². The van der Waals surface area contributed by atoms with Gasteiger partial charge in [0.25, 0.3) is 0 Å². The molecule has 0 aliphatic carbocycles. The van der Waals surface area contributed by atoms with Crippen molar-refractivity contribution in [3.63, 3.8) is 0 Å². The van der Waals surface area contributed by atoms with E-state index in [-0.39, 0.29) is 11.6 Å². The van der Waals surface area contributed by atoms with Crippen LogP contribution in [-0.4, -0.2) is 89.6 Å². The topological polar surface area (TPSA) is 169 Å². The number of aliphatic hydroxyl groups excluding tert-OH is 2. The molecule has 0 saturated carbocycles. The maximum atomic E-state index is 11.4. The molecule has 4 unspecified atom stereocenters. The van der Waals surface area contributed by atoms with Crippen molar-refractivity contribution in [3.8, 4) is 5.75 Å². The maximum absolute atomic E-state index is 11.4. The number of carbonyl (C=O) groups is 3. The highest BCUT2D eigenvalue weighted by atomic mass is 16.7. The quantitative estimate of drug-likeness (QED) is 0.411. The molecular formula is C19H27N3O9. The summed E-state index contributed by atoms with van der Waals surface area (Å²) in [5.74, 6) is -2.98. The molecule has 0 aromatic heterocycles. The van der Waals surface area contributed by atoms with Gasteiger partial charge in [-0.05, 0) is 30.2 Å². The third kappa shape index (κ3) is 5.05. The highest BCUT2D eigenvalue weighted by molar-refractivity contribution is 5.83. The number of hydrogen-bond donors (Lipinski definition) is 5. The van der Waals surface area contributed by atoms with Crippen molar-refractivity contribution in [3.05, 3.63) is 23.8 Å². The third-order valence-electron chi connectivity index (χ3n) is 5.31. The van der Waals surface area contributed by atoms with Crippen LogP contribution in [0.4, 0.5) is 10.5 Å². The molecule has 0 bridgehead atoms. The van der Waals surface area contributed by atoms with Gasteiger partial charge in [0.2, 0.25) is 0 Å². The summed E-state index contributed by atoms with van der Waals surface area (Å²) in [6.45, 7) is 3.08. The average molecular weight is 441 g/mol. The number of ether oxygens (including phenoxy) is 1. The molecule has 1 fully saturated rings. The molecular weight excluding hydrogens is 414 g/mol. The number of nitrogens with one attached hydrogen (secondary N) is 1. The monoisotopic (exact) mass is 441 g/mol. The number of carboxylic acids is 2. The van der Waals surface area contributed by atoms with E-state index in [1.54, 1.807) is 7.05 Å². The van der Waals surface area contributed by atoms with E-state index in [4.69, 9.17) is 30.0 Å². The van der Waals surface area contributed by atoms with E-state index in [1.165, 1.54) is 5.56 Å². The Balaban J connectivity index is 0.000000291. The van der Waals surface area contributed by atoms with Crippen molar-refractivity contribution >= 4 is 23.7 Å². The van der Waals surface area contributed by atoms with Crippen molar-refractivity contribution in [1.29, 1.82) is 0 Å². The van der Waals surface area contributed by atoms with E-state index < -0.39 is 30.2 Å². The summed E-state index contributed by atoms with van der Waals surface area (Å²) >= 11 is 0. The molecule has 172 valence electrons. The molecule has 12 heteroatoms. The van der Waals surface area contributed by atoms with Gasteiger partial charge in [-0.1, -0.05) is 6.92 Å². The van der Waals surface area contributed by atoms with Gasteiger partial charge in [0.15, 0.2) is 18.4 Å². The number of likely N-dealkylation sites (N-methyl/N-ethyl adjacent to an activating group) is 1. The fourth-order valence-corrected chi connectivity index (χ4v) is 3.52. The van der Waals surface area contributed by atoms with Crippen molar-refractivity contribution in [2.75, 3.05) is 32.6 Å². The van der Waals surface area contributed by atoms with Crippen LogP contribution in [0, 0.1) is 0 Å². The molecule has 2 aliphatic rings. The van der Waals surface area contributed by atoms with Gasteiger partial charge in [-0.15, -0.1) is 0 Å². The van der Waals surface area contributed by atoms with Crippen LogP contribution in [0.2, 0.25) is 0 Å². The number of aliphatic hydroxyl groups is 2. The molecule has 2 heterocycles. The first kappa shape index (κ1) is 24.3. The summed E-state index contributed by atoms with van der Waals surface area (Å²) in [4.78, 5) is 39.1. The molecule has 12 nitrogen and oxygen atoms in total. The second kappa shape index (κ2) is 9.47. The zero-order chi connectivity index (χ0) is 23.5. The van der Waals surface area contributed by atoms with E-state index in [0.717, 1.165) is 18.7 Å². The number of benzene rings is 1. The average Bonchev–Trinajstić information content (AvgIpc) is 2.94. The Hall–Kier alpha value is -2.93. The Morgan fingerprint density at radius 2 is 1.77 bits per heavy atom. The van der Waals surface area contributed by atoms with Crippen molar-refractivity contribution in [1.82, 2.24) is 10.4 Å². The lowest BCUT2D eigenvalue weighted by molar-refractivity contribution is -0.226. The number of nitrogens with zero attached hydrogens (tertiary/aromatic N) is 2. The summed E-state index contributed by atoms with van der Waals surface area (Å²) in [6, 6.07) is 5.76. The number of fused-ring (bicyclic) bond motifs is 3. The zero-order valence-corrected chi connectivity index (χ0v) is 17.6. The number of anilines is 1. The second-order valence-electron chi connectivity index (χ2n) is 7.47. The maximum Gasteiger partial charge on any atom is 0.412 e. The highest BCUT2D eigenvalue weighted by Crippen LogP contribution is 2.50. The predicted octanol–water partition coefficient (Wildman–Crippen LogP) is -0.417. The SMILES string of the molecule is CNC(=O)Oc1ccc2c(c1)C1(C)CCN(C)OC1N2C.O=C(O)C(O)C(O)C(=O)O. The summed E-state index contributed by atoms with van der Waals surface area (Å²) in [6.07, 6.45) is -4.02. The highest BCUT2D eigenvalue weighted by Gasteiger charge is 2.50. The van der Waals surface area contributed by atoms with Gasteiger partial charge in [-0.3, -0.25) is 4.84 Å². The van der Waals surface area contributed by atoms with Crippen LogP contribution in [0.5, 0.6) is 5.75 Å². The Morgan fingerprint density at radius 3 is 2.29 bits per heavy atom. The number of amides is 1. The van der Waals surface area contributed by atoms with Crippen LogP contribution in [0.25, 0.3) is 0 Å². The lowest BCUT2D eigenvalue weighted by atomic mass is 9.79. The van der Waals surface area contributed by atoms with Crippen molar-refractivity contribution in [2.24, 2.45) is 0 Å². The zero-order valence-electron chi connectivity index (χ0n) is 17.6. The Bertz CT molecular complexity index is 831. The molecule has 1 saturated heterocycles. The van der Waals surface area contributed by atoms with Gasteiger partial charge in [0.05, 0.1) is 0 Å². The molecule has 4 atom stereocenters. The number of rotatable bonds is 4. The van der Waals surface area contributed by atoms with E-state index in [1.807, 2.05) is 37.4 Å². The van der Waals surface area contributed by atoms with Crippen LogP contribution >= 0.6 is 0 Å². The van der Waals surface area contributed by atoms with Crippen molar-refractivity contribution in [2.45, 2.75) is 37.2 Å². The Kier molecular flexibility index (Phi) is 7.44. The standard InChI is InChI=1S/C15H21N3O3.C4H6O6/c1-15-7-8-17(3)21-13(15)18(4)12-6-5-10(9-11(12)15)20-14(19)16-2;5-1(3(7)8)2(6)4(9)10/h5-6,9,13H,7-8H2,1-4H3,(H,16,19);1-2,5-6H,(H,7,8)(H,9,10). The van der Waals surface area contributed by atoms with Crippen LogP contribution in [0.15, 0.2) is 18.2 Å².